The molecule has 3 rings (SSSR count). The van der Waals surface area contributed by atoms with E-state index in [1.807, 2.05) is 35.2 Å². The first-order valence-corrected chi connectivity index (χ1v) is 9.86. The van der Waals surface area contributed by atoms with E-state index in [-0.39, 0.29) is 5.91 Å². The van der Waals surface area contributed by atoms with Crippen molar-refractivity contribution in [3.63, 3.8) is 0 Å². The highest BCUT2D eigenvalue weighted by Gasteiger charge is 2.13. The molecule has 2 aromatic heterocycles. The summed E-state index contributed by atoms with van der Waals surface area (Å²) >= 11 is 3.01. The molecule has 0 spiro atoms. The van der Waals surface area contributed by atoms with Crippen molar-refractivity contribution in [2.24, 2.45) is 0 Å². The van der Waals surface area contributed by atoms with Gasteiger partial charge in [0.2, 0.25) is 5.91 Å². The number of nitrogens with zero attached hydrogens (tertiary/aromatic N) is 3. The number of carbonyl (C=O) groups is 1. The maximum Gasteiger partial charge on any atom is 0.230 e. The fourth-order valence-electron chi connectivity index (χ4n) is 2.55. The van der Waals surface area contributed by atoms with Gasteiger partial charge in [-0.3, -0.25) is 9.48 Å². The van der Waals surface area contributed by atoms with Crippen molar-refractivity contribution in [1.82, 2.24) is 20.1 Å². The topological polar surface area (TPSA) is 59.8 Å². The summed E-state index contributed by atoms with van der Waals surface area (Å²) in [6, 6.07) is 10.3. The van der Waals surface area contributed by atoms with Crippen LogP contribution in [-0.2, 0) is 17.9 Å². The van der Waals surface area contributed by atoms with Gasteiger partial charge in [0, 0.05) is 29.4 Å². The highest BCUT2D eigenvalue weighted by molar-refractivity contribution is 8.01. The van der Waals surface area contributed by atoms with Crippen molar-refractivity contribution in [3.8, 4) is 0 Å². The van der Waals surface area contributed by atoms with Crippen LogP contribution in [-0.4, -0.2) is 26.4 Å². The van der Waals surface area contributed by atoms with E-state index in [1.54, 1.807) is 17.5 Å². The van der Waals surface area contributed by atoms with Crippen LogP contribution in [0.2, 0.25) is 0 Å². The molecule has 0 aliphatic rings. The number of hydrogen-bond donors (Lipinski definition) is 1. The van der Waals surface area contributed by atoms with E-state index in [4.69, 9.17) is 0 Å². The molecule has 25 heavy (non-hydrogen) atoms. The van der Waals surface area contributed by atoms with Crippen molar-refractivity contribution in [1.29, 1.82) is 0 Å². The van der Waals surface area contributed by atoms with Gasteiger partial charge < -0.3 is 5.32 Å². The average molecular weight is 373 g/mol. The lowest BCUT2D eigenvalue weighted by atomic mass is 10.2. The minimum absolute atomic E-state index is 0.00908. The number of thioether (sulfide) groups is 1. The van der Waals surface area contributed by atoms with Crippen LogP contribution in [0.25, 0.3) is 0 Å². The standard InChI is InChI=1S/C18H20N4OS2/c1-13-16(10-20-17(23)12-25-18-19-8-9-24-18)14(2)22(21-13)11-15-6-4-3-5-7-15/h3-9H,10-12H2,1-2H3,(H,20,23). The predicted molar refractivity (Wildman–Crippen MR) is 102 cm³/mol. The molecule has 7 heteroatoms. The van der Waals surface area contributed by atoms with Crippen LogP contribution in [0.15, 0.2) is 46.2 Å². The van der Waals surface area contributed by atoms with E-state index in [2.05, 4.69) is 34.5 Å². The fourth-order valence-corrected chi connectivity index (χ4v) is 4.01. The Morgan fingerprint density at radius 1 is 1.28 bits per heavy atom. The maximum atomic E-state index is 12.0. The zero-order valence-corrected chi connectivity index (χ0v) is 15.9. The zero-order chi connectivity index (χ0) is 17.6. The Hall–Kier alpha value is -2.12. The summed E-state index contributed by atoms with van der Waals surface area (Å²) in [5.41, 5.74) is 4.35. The molecule has 0 fully saturated rings. The van der Waals surface area contributed by atoms with Crippen LogP contribution in [0.3, 0.4) is 0 Å². The van der Waals surface area contributed by atoms with Crippen LogP contribution < -0.4 is 5.32 Å². The van der Waals surface area contributed by atoms with E-state index in [0.717, 1.165) is 27.8 Å². The molecule has 1 amide bonds. The lowest BCUT2D eigenvalue weighted by molar-refractivity contribution is -0.118. The number of benzene rings is 1. The smallest absolute Gasteiger partial charge is 0.230 e. The molecule has 130 valence electrons. The molecule has 0 radical (unpaired) electrons. The second kappa shape index (κ2) is 8.31. The fraction of sp³-hybridized carbons (Fsp3) is 0.278. The highest BCUT2D eigenvalue weighted by atomic mass is 32.2. The normalized spacial score (nSPS) is 10.8. The van der Waals surface area contributed by atoms with Crippen molar-refractivity contribution >= 4 is 29.0 Å². The molecule has 0 saturated carbocycles. The van der Waals surface area contributed by atoms with Crippen LogP contribution in [0.1, 0.15) is 22.5 Å². The van der Waals surface area contributed by atoms with Crippen LogP contribution in [0.4, 0.5) is 0 Å². The SMILES string of the molecule is Cc1nn(Cc2ccccc2)c(C)c1CNC(=O)CSc1nccs1. The number of amides is 1. The zero-order valence-electron chi connectivity index (χ0n) is 14.2. The molecule has 1 N–H and O–H groups in total. The van der Waals surface area contributed by atoms with Gasteiger partial charge in [0.15, 0.2) is 0 Å². The molecule has 0 bridgehead atoms. The monoisotopic (exact) mass is 372 g/mol. The molecule has 0 unspecified atom stereocenters. The molecule has 5 nitrogen and oxygen atoms in total. The second-order valence-corrected chi connectivity index (χ2v) is 7.77. The van der Waals surface area contributed by atoms with Gasteiger partial charge in [-0.1, -0.05) is 42.1 Å². The minimum atomic E-state index is 0.00908. The number of rotatable bonds is 7. The first kappa shape index (κ1) is 17.7. The van der Waals surface area contributed by atoms with Gasteiger partial charge in [0.1, 0.15) is 4.34 Å². The number of aryl methyl sites for hydroxylation is 1. The van der Waals surface area contributed by atoms with Gasteiger partial charge in [-0.2, -0.15) is 5.10 Å². The Kier molecular flexibility index (Phi) is 5.88. The number of thiazole rings is 1. The van der Waals surface area contributed by atoms with E-state index >= 15 is 0 Å². The van der Waals surface area contributed by atoms with Gasteiger partial charge >= 0.3 is 0 Å². The Morgan fingerprint density at radius 3 is 2.80 bits per heavy atom. The van der Waals surface area contributed by atoms with Crippen LogP contribution in [0.5, 0.6) is 0 Å². The van der Waals surface area contributed by atoms with Crippen molar-refractivity contribution in [2.75, 3.05) is 5.75 Å². The first-order valence-electron chi connectivity index (χ1n) is 7.99. The molecule has 0 aliphatic carbocycles. The molecule has 1 aromatic carbocycles. The largest absolute Gasteiger partial charge is 0.351 e. The van der Waals surface area contributed by atoms with Crippen molar-refractivity contribution in [2.45, 2.75) is 31.3 Å². The lowest BCUT2D eigenvalue weighted by Gasteiger charge is -2.07. The Labute approximate surface area is 155 Å². The number of nitrogens with one attached hydrogen (secondary N) is 1. The highest BCUT2D eigenvalue weighted by Crippen LogP contribution is 2.20. The summed E-state index contributed by atoms with van der Waals surface area (Å²) in [7, 11) is 0. The Bertz CT molecular complexity index is 828. The number of carbonyl (C=O) groups excluding carboxylic acids is 1. The Morgan fingerprint density at radius 2 is 2.08 bits per heavy atom. The van der Waals surface area contributed by atoms with Crippen molar-refractivity contribution < 1.29 is 4.79 Å². The van der Waals surface area contributed by atoms with E-state index in [9.17, 15) is 4.79 Å². The molecule has 0 saturated heterocycles. The molecular formula is C18H20N4OS2. The third-order valence-corrected chi connectivity index (χ3v) is 5.87. The quantitative estimate of drug-likeness (QED) is 0.646. The summed E-state index contributed by atoms with van der Waals surface area (Å²) in [4.78, 5) is 16.2. The molecule has 0 aliphatic heterocycles. The van der Waals surface area contributed by atoms with E-state index < -0.39 is 0 Å². The predicted octanol–water partition coefficient (Wildman–Crippen LogP) is 3.41. The third kappa shape index (κ3) is 4.70. The van der Waals surface area contributed by atoms with Crippen LogP contribution >= 0.6 is 23.1 Å². The van der Waals surface area contributed by atoms with Gasteiger partial charge in [-0.25, -0.2) is 4.98 Å². The summed E-state index contributed by atoms with van der Waals surface area (Å²) in [5, 5.41) is 9.52. The van der Waals surface area contributed by atoms with Gasteiger partial charge in [-0.05, 0) is 19.4 Å². The lowest BCUT2D eigenvalue weighted by Crippen LogP contribution is -2.25. The molecule has 3 aromatic rings. The van der Waals surface area contributed by atoms with Crippen LogP contribution in [0, 0.1) is 13.8 Å². The van der Waals surface area contributed by atoms with E-state index in [1.165, 1.54) is 17.3 Å². The number of hydrogen-bond acceptors (Lipinski definition) is 5. The Balaban J connectivity index is 1.58. The maximum absolute atomic E-state index is 12.0. The van der Waals surface area contributed by atoms with Gasteiger partial charge in [0.05, 0.1) is 18.0 Å². The summed E-state index contributed by atoms with van der Waals surface area (Å²) in [5.74, 6) is 0.388. The average Bonchev–Trinajstić information content (AvgIpc) is 3.22. The van der Waals surface area contributed by atoms with Crippen molar-refractivity contribution in [3.05, 3.63) is 64.4 Å². The molecule has 0 atom stereocenters. The minimum Gasteiger partial charge on any atom is -0.351 e. The third-order valence-electron chi connectivity index (χ3n) is 3.91. The van der Waals surface area contributed by atoms with Gasteiger partial charge in [-0.15, -0.1) is 11.3 Å². The summed E-state index contributed by atoms with van der Waals surface area (Å²) < 4.78 is 2.91. The molecule has 2 heterocycles. The van der Waals surface area contributed by atoms with Gasteiger partial charge in [0.25, 0.3) is 0 Å². The van der Waals surface area contributed by atoms with E-state index in [0.29, 0.717) is 12.3 Å². The summed E-state index contributed by atoms with van der Waals surface area (Å²) in [6.45, 7) is 5.28. The first-order chi connectivity index (χ1) is 12.1. The summed E-state index contributed by atoms with van der Waals surface area (Å²) in [6.07, 6.45) is 1.75. The molecular weight excluding hydrogens is 352 g/mol. The second-order valence-electron chi connectivity index (χ2n) is 5.66. The number of aromatic nitrogens is 3.